The highest BCUT2D eigenvalue weighted by Crippen LogP contribution is 2.28. The molecule has 0 aliphatic carbocycles. The summed E-state index contributed by atoms with van der Waals surface area (Å²) in [6.07, 6.45) is 0. The maximum atomic E-state index is 5.92. The first kappa shape index (κ1) is 17.5. The second-order valence-corrected chi connectivity index (χ2v) is 5.07. The van der Waals surface area contributed by atoms with Gasteiger partial charge in [-0.25, -0.2) is 4.99 Å². The number of nitrogens with zero attached hydrogens (tertiary/aromatic N) is 1. The minimum atomic E-state index is 0.287. The second-order valence-electron chi connectivity index (χ2n) is 5.07. The molecule has 0 radical (unpaired) electrons. The lowest BCUT2D eigenvalue weighted by molar-refractivity contribution is 0.326. The summed E-state index contributed by atoms with van der Waals surface area (Å²) in [5.41, 5.74) is 7.70. The van der Waals surface area contributed by atoms with Crippen LogP contribution in [0.2, 0.25) is 0 Å². The summed E-state index contributed by atoms with van der Waals surface area (Å²) in [4.78, 5) is 4.26. The topological polar surface area (TPSA) is 78.1 Å². The van der Waals surface area contributed by atoms with Crippen LogP contribution in [-0.2, 0) is 0 Å². The molecular weight excluding hydrogens is 306 g/mol. The van der Waals surface area contributed by atoms with Crippen LogP contribution in [0.5, 0.6) is 17.2 Å². The maximum absolute atomic E-state index is 5.92. The van der Waals surface area contributed by atoms with Crippen molar-refractivity contribution in [1.82, 2.24) is 0 Å². The molecule has 0 fully saturated rings. The van der Waals surface area contributed by atoms with E-state index in [4.69, 9.17) is 19.9 Å². The molecule has 2 aromatic carbocycles. The van der Waals surface area contributed by atoms with Gasteiger partial charge in [-0.05, 0) is 30.7 Å². The Morgan fingerprint density at radius 3 is 2.58 bits per heavy atom. The van der Waals surface area contributed by atoms with Crippen molar-refractivity contribution in [3.8, 4) is 17.2 Å². The van der Waals surface area contributed by atoms with Crippen LogP contribution in [-0.4, -0.2) is 33.3 Å². The van der Waals surface area contributed by atoms with Crippen LogP contribution >= 0.6 is 0 Å². The van der Waals surface area contributed by atoms with Gasteiger partial charge in [-0.1, -0.05) is 18.2 Å². The lowest BCUT2D eigenvalue weighted by atomic mass is 10.2. The molecule has 0 aliphatic rings. The van der Waals surface area contributed by atoms with Crippen molar-refractivity contribution in [2.24, 2.45) is 10.7 Å². The largest absolute Gasteiger partial charge is 0.497 e. The first-order valence-electron chi connectivity index (χ1n) is 7.61. The zero-order chi connectivity index (χ0) is 17.4. The number of nitrogens with one attached hydrogen (secondary N) is 1. The molecule has 0 aromatic heterocycles. The third-order valence-electron chi connectivity index (χ3n) is 3.39. The van der Waals surface area contributed by atoms with E-state index in [9.17, 15) is 0 Å². The van der Waals surface area contributed by atoms with Crippen LogP contribution in [0.25, 0.3) is 0 Å². The standard InChI is InChI=1S/C18H23N3O3/c1-13-6-4-5-7-16(13)24-11-10-20-18(19)21-15-12-14(22-2)8-9-17(15)23-3/h4-9,12H,10-11H2,1-3H3,(H3,19,20,21). The van der Waals surface area contributed by atoms with Gasteiger partial charge >= 0.3 is 0 Å². The van der Waals surface area contributed by atoms with Crippen molar-refractivity contribution in [2.45, 2.75) is 6.92 Å². The molecule has 0 amide bonds. The van der Waals surface area contributed by atoms with Gasteiger partial charge in [0.1, 0.15) is 23.9 Å². The summed E-state index contributed by atoms with van der Waals surface area (Å²) in [6.45, 7) is 2.89. The van der Waals surface area contributed by atoms with E-state index in [2.05, 4.69) is 10.3 Å². The van der Waals surface area contributed by atoms with E-state index in [-0.39, 0.29) is 5.96 Å². The highest BCUT2D eigenvalue weighted by Gasteiger charge is 2.06. The van der Waals surface area contributed by atoms with Gasteiger partial charge < -0.3 is 25.3 Å². The molecule has 2 rings (SSSR count). The Morgan fingerprint density at radius 1 is 1.08 bits per heavy atom. The molecule has 128 valence electrons. The fourth-order valence-electron chi connectivity index (χ4n) is 2.13. The molecule has 0 unspecified atom stereocenters. The predicted octanol–water partition coefficient (Wildman–Crippen LogP) is 2.82. The Hall–Kier alpha value is -2.89. The Bertz CT molecular complexity index is 702. The third kappa shape index (κ3) is 4.81. The quantitative estimate of drug-likeness (QED) is 0.464. The van der Waals surface area contributed by atoms with Gasteiger partial charge in [-0.2, -0.15) is 0 Å². The van der Waals surface area contributed by atoms with Crippen molar-refractivity contribution in [1.29, 1.82) is 0 Å². The summed E-state index contributed by atoms with van der Waals surface area (Å²) < 4.78 is 16.2. The molecule has 0 atom stereocenters. The molecule has 2 aromatic rings. The number of nitrogens with two attached hydrogens (primary N) is 1. The molecule has 0 saturated carbocycles. The number of hydrogen-bond acceptors (Lipinski definition) is 4. The van der Waals surface area contributed by atoms with E-state index in [0.29, 0.717) is 30.3 Å². The Kier molecular flexibility index (Phi) is 6.31. The molecule has 0 heterocycles. The normalized spacial score (nSPS) is 11.0. The Morgan fingerprint density at radius 2 is 1.88 bits per heavy atom. The summed E-state index contributed by atoms with van der Waals surface area (Å²) in [5.74, 6) is 2.50. The van der Waals surface area contributed by atoms with E-state index in [1.54, 1.807) is 26.4 Å². The molecule has 0 bridgehead atoms. The lowest BCUT2D eigenvalue weighted by Gasteiger charge is -2.12. The highest BCUT2D eigenvalue weighted by atomic mass is 16.5. The molecule has 0 saturated heterocycles. The fraction of sp³-hybridized carbons (Fsp3) is 0.278. The van der Waals surface area contributed by atoms with Gasteiger partial charge in [-0.3, -0.25) is 0 Å². The molecule has 24 heavy (non-hydrogen) atoms. The van der Waals surface area contributed by atoms with Crippen LogP contribution in [0.1, 0.15) is 5.56 Å². The monoisotopic (exact) mass is 329 g/mol. The molecule has 3 N–H and O–H groups in total. The summed E-state index contributed by atoms with van der Waals surface area (Å²) in [7, 11) is 3.20. The van der Waals surface area contributed by atoms with E-state index >= 15 is 0 Å². The molecule has 0 aliphatic heterocycles. The number of rotatable bonds is 7. The molecule has 6 nitrogen and oxygen atoms in total. The Balaban J connectivity index is 1.91. The van der Waals surface area contributed by atoms with Crippen molar-refractivity contribution in [3.05, 3.63) is 48.0 Å². The number of methoxy groups -OCH3 is 2. The number of para-hydroxylation sites is 1. The minimum Gasteiger partial charge on any atom is -0.497 e. The van der Waals surface area contributed by atoms with Gasteiger partial charge in [0.05, 0.1) is 26.5 Å². The minimum absolute atomic E-state index is 0.287. The van der Waals surface area contributed by atoms with E-state index in [1.165, 1.54) is 0 Å². The molecule has 6 heteroatoms. The van der Waals surface area contributed by atoms with Crippen molar-refractivity contribution >= 4 is 11.6 Å². The maximum Gasteiger partial charge on any atom is 0.193 e. The number of anilines is 1. The predicted molar refractivity (Wildman–Crippen MR) is 96.3 cm³/mol. The highest BCUT2D eigenvalue weighted by molar-refractivity contribution is 5.94. The zero-order valence-electron chi connectivity index (χ0n) is 14.2. The third-order valence-corrected chi connectivity index (χ3v) is 3.39. The SMILES string of the molecule is COc1ccc(OC)c(NC(N)=NCCOc2ccccc2C)c1. The van der Waals surface area contributed by atoms with Crippen molar-refractivity contribution in [3.63, 3.8) is 0 Å². The number of hydrogen-bond donors (Lipinski definition) is 2. The smallest absolute Gasteiger partial charge is 0.193 e. The van der Waals surface area contributed by atoms with Crippen molar-refractivity contribution < 1.29 is 14.2 Å². The van der Waals surface area contributed by atoms with Crippen LogP contribution in [0.15, 0.2) is 47.5 Å². The number of benzene rings is 2. The average Bonchev–Trinajstić information content (AvgIpc) is 2.60. The molecule has 0 spiro atoms. The van der Waals surface area contributed by atoms with E-state index < -0.39 is 0 Å². The number of ether oxygens (including phenoxy) is 3. The number of aliphatic imine (C=N–C) groups is 1. The summed E-state index contributed by atoms with van der Waals surface area (Å²) in [6, 6.07) is 13.3. The lowest BCUT2D eigenvalue weighted by Crippen LogP contribution is -2.24. The first-order chi connectivity index (χ1) is 11.6. The van der Waals surface area contributed by atoms with E-state index in [0.717, 1.165) is 11.3 Å². The van der Waals surface area contributed by atoms with Crippen LogP contribution in [0.4, 0.5) is 5.69 Å². The number of guanidine groups is 1. The van der Waals surface area contributed by atoms with Gasteiger partial charge in [0.15, 0.2) is 5.96 Å². The first-order valence-corrected chi connectivity index (χ1v) is 7.61. The van der Waals surface area contributed by atoms with Gasteiger partial charge in [-0.15, -0.1) is 0 Å². The Labute approximate surface area is 142 Å². The van der Waals surface area contributed by atoms with Crippen LogP contribution in [0.3, 0.4) is 0 Å². The average molecular weight is 329 g/mol. The summed E-state index contributed by atoms with van der Waals surface area (Å²) in [5, 5.41) is 3.01. The summed E-state index contributed by atoms with van der Waals surface area (Å²) >= 11 is 0. The van der Waals surface area contributed by atoms with Gasteiger partial charge in [0.2, 0.25) is 0 Å². The fourth-order valence-corrected chi connectivity index (χ4v) is 2.13. The van der Waals surface area contributed by atoms with Gasteiger partial charge in [0.25, 0.3) is 0 Å². The van der Waals surface area contributed by atoms with Crippen LogP contribution in [0, 0.1) is 6.92 Å². The second kappa shape index (κ2) is 8.67. The van der Waals surface area contributed by atoms with Gasteiger partial charge in [0, 0.05) is 6.07 Å². The van der Waals surface area contributed by atoms with Crippen molar-refractivity contribution in [2.75, 3.05) is 32.7 Å². The van der Waals surface area contributed by atoms with Crippen LogP contribution < -0.4 is 25.3 Å². The zero-order valence-corrected chi connectivity index (χ0v) is 14.2. The molecular formula is C18H23N3O3. The number of aryl methyl sites for hydroxylation is 1. The van der Waals surface area contributed by atoms with E-state index in [1.807, 2.05) is 37.3 Å².